The van der Waals surface area contributed by atoms with Gasteiger partial charge in [0.25, 0.3) is 0 Å². The number of nitrogens with zero attached hydrogens (tertiary/aromatic N) is 1. The van der Waals surface area contributed by atoms with Crippen LogP contribution in [0.2, 0.25) is 0 Å². The quantitative estimate of drug-likeness (QED) is 0.716. The fourth-order valence-corrected chi connectivity index (χ4v) is 3.40. The second-order valence-electron chi connectivity index (χ2n) is 5.42. The van der Waals surface area contributed by atoms with Crippen molar-refractivity contribution in [2.75, 3.05) is 26.2 Å². The Kier molecular flexibility index (Phi) is 2.50. The van der Waals surface area contributed by atoms with E-state index in [2.05, 4.69) is 10.2 Å². The lowest BCUT2D eigenvalue weighted by Crippen LogP contribution is -2.47. The molecule has 0 amide bonds. The number of hydrogen-bond acceptors (Lipinski definition) is 2. The van der Waals surface area contributed by atoms with E-state index in [1.807, 2.05) is 0 Å². The molecule has 2 aliphatic heterocycles. The monoisotopic (exact) mass is 194 g/mol. The molecule has 3 fully saturated rings. The van der Waals surface area contributed by atoms with E-state index in [1.54, 1.807) is 0 Å². The van der Waals surface area contributed by atoms with E-state index < -0.39 is 0 Å². The predicted octanol–water partition coefficient (Wildman–Crippen LogP) is 1.47. The fourth-order valence-electron chi connectivity index (χ4n) is 3.40. The molecule has 2 unspecified atom stereocenters. The highest BCUT2D eigenvalue weighted by atomic mass is 15.2. The largest absolute Gasteiger partial charge is 0.315 e. The third kappa shape index (κ3) is 1.59. The van der Waals surface area contributed by atoms with Crippen molar-refractivity contribution < 1.29 is 0 Å². The van der Waals surface area contributed by atoms with Crippen molar-refractivity contribution in [1.82, 2.24) is 10.2 Å². The second-order valence-corrected chi connectivity index (χ2v) is 5.42. The Morgan fingerprint density at radius 3 is 2.79 bits per heavy atom. The highest BCUT2D eigenvalue weighted by molar-refractivity contribution is 4.93. The summed E-state index contributed by atoms with van der Waals surface area (Å²) < 4.78 is 0. The van der Waals surface area contributed by atoms with Crippen molar-refractivity contribution in [3.05, 3.63) is 0 Å². The number of likely N-dealkylation sites (tertiary alicyclic amines) is 1. The zero-order chi connectivity index (χ0) is 9.38. The smallest absolute Gasteiger partial charge is 0.0261 e. The third-order valence-electron chi connectivity index (χ3n) is 4.51. The Morgan fingerprint density at radius 2 is 2.00 bits per heavy atom. The maximum Gasteiger partial charge on any atom is 0.0261 e. The lowest BCUT2D eigenvalue weighted by atomic mass is 9.83. The third-order valence-corrected chi connectivity index (χ3v) is 4.51. The maximum absolute atomic E-state index is 3.56. The SMILES string of the molecule is C1CC(CN2CCCC3CNCC32)C1. The molecule has 0 spiro atoms. The van der Waals surface area contributed by atoms with Crippen LogP contribution in [0.3, 0.4) is 0 Å². The molecule has 2 heterocycles. The van der Waals surface area contributed by atoms with Gasteiger partial charge in [0, 0.05) is 19.1 Å². The Bertz CT molecular complexity index is 200. The van der Waals surface area contributed by atoms with E-state index in [-0.39, 0.29) is 0 Å². The zero-order valence-corrected chi connectivity index (χ0v) is 9.04. The molecule has 1 aliphatic carbocycles. The molecule has 0 bridgehead atoms. The van der Waals surface area contributed by atoms with Crippen LogP contribution in [0.1, 0.15) is 32.1 Å². The van der Waals surface area contributed by atoms with E-state index >= 15 is 0 Å². The van der Waals surface area contributed by atoms with Crippen LogP contribution in [-0.4, -0.2) is 37.1 Å². The molecule has 0 aromatic rings. The lowest BCUT2D eigenvalue weighted by molar-refractivity contribution is 0.0853. The predicted molar refractivity (Wildman–Crippen MR) is 58.3 cm³/mol. The number of rotatable bonds is 2. The Hall–Kier alpha value is -0.0800. The van der Waals surface area contributed by atoms with Crippen LogP contribution in [0.4, 0.5) is 0 Å². The maximum atomic E-state index is 3.56. The molecule has 0 aromatic carbocycles. The van der Waals surface area contributed by atoms with Gasteiger partial charge >= 0.3 is 0 Å². The summed E-state index contributed by atoms with van der Waals surface area (Å²) >= 11 is 0. The van der Waals surface area contributed by atoms with Crippen molar-refractivity contribution >= 4 is 0 Å². The molecule has 80 valence electrons. The molecular formula is C12H22N2. The van der Waals surface area contributed by atoms with Gasteiger partial charge in [-0.25, -0.2) is 0 Å². The summed E-state index contributed by atoms with van der Waals surface area (Å²) in [7, 11) is 0. The van der Waals surface area contributed by atoms with Crippen molar-refractivity contribution in [2.24, 2.45) is 11.8 Å². The van der Waals surface area contributed by atoms with Crippen LogP contribution in [0, 0.1) is 11.8 Å². The van der Waals surface area contributed by atoms with Crippen molar-refractivity contribution in [3.8, 4) is 0 Å². The van der Waals surface area contributed by atoms with Crippen LogP contribution >= 0.6 is 0 Å². The van der Waals surface area contributed by atoms with Gasteiger partial charge < -0.3 is 5.32 Å². The first-order valence-corrected chi connectivity index (χ1v) is 6.38. The molecule has 3 aliphatic rings. The molecule has 0 radical (unpaired) electrons. The number of piperidine rings is 1. The van der Waals surface area contributed by atoms with Crippen LogP contribution in [0.25, 0.3) is 0 Å². The lowest BCUT2D eigenvalue weighted by Gasteiger charge is -2.41. The normalized spacial score (nSPS) is 39.4. The molecule has 1 N–H and O–H groups in total. The summed E-state index contributed by atoms with van der Waals surface area (Å²) in [6.07, 6.45) is 7.40. The molecular weight excluding hydrogens is 172 g/mol. The van der Waals surface area contributed by atoms with E-state index in [9.17, 15) is 0 Å². The highest BCUT2D eigenvalue weighted by Crippen LogP contribution is 2.32. The topological polar surface area (TPSA) is 15.3 Å². The van der Waals surface area contributed by atoms with Crippen molar-refractivity contribution in [3.63, 3.8) is 0 Å². The van der Waals surface area contributed by atoms with Gasteiger partial charge in [0.1, 0.15) is 0 Å². The van der Waals surface area contributed by atoms with Gasteiger partial charge in [-0.2, -0.15) is 0 Å². The summed E-state index contributed by atoms with van der Waals surface area (Å²) in [6.45, 7) is 5.32. The molecule has 2 saturated heterocycles. The molecule has 3 rings (SSSR count). The molecule has 2 heteroatoms. The molecule has 14 heavy (non-hydrogen) atoms. The summed E-state index contributed by atoms with van der Waals surface area (Å²) in [5.74, 6) is 2.03. The Morgan fingerprint density at radius 1 is 1.07 bits per heavy atom. The first kappa shape index (κ1) is 9.17. The summed E-state index contributed by atoms with van der Waals surface area (Å²) in [5, 5.41) is 3.56. The van der Waals surface area contributed by atoms with E-state index in [1.165, 1.54) is 58.3 Å². The van der Waals surface area contributed by atoms with E-state index in [0.29, 0.717) is 0 Å². The minimum absolute atomic E-state index is 0.893. The van der Waals surface area contributed by atoms with Crippen LogP contribution in [-0.2, 0) is 0 Å². The number of hydrogen-bond donors (Lipinski definition) is 1. The van der Waals surface area contributed by atoms with Gasteiger partial charge in [0.2, 0.25) is 0 Å². The van der Waals surface area contributed by atoms with Gasteiger partial charge in [-0.1, -0.05) is 6.42 Å². The first-order chi connectivity index (χ1) is 6.93. The molecule has 1 saturated carbocycles. The standard InChI is InChI=1S/C12H22N2/c1-3-10(4-1)9-14-6-2-5-11-7-13-8-12(11)14/h10-13H,1-9H2. The Balaban J connectivity index is 1.59. The van der Waals surface area contributed by atoms with Gasteiger partial charge in [0.05, 0.1) is 0 Å². The molecule has 2 atom stereocenters. The minimum atomic E-state index is 0.893. The minimum Gasteiger partial charge on any atom is -0.315 e. The van der Waals surface area contributed by atoms with Crippen LogP contribution in [0.5, 0.6) is 0 Å². The first-order valence-electron chi connectivity index (χ1n) is 6.38. The second kappa shape index (κ2) is 3.82. The van der Waals surface area contributed by atoms with Gasteiger partial charge in [-0.05, 0) is 50.6 Å². The highest BCUT2D eigenvalue weighted by Gasteiger charge is 2.36. The Labute approximate surface area is 87.0 Å². The van der Waals surface area contributed by atoms with E-state index in [4.69, 9.17) is 0 Å². The van der Waals surface area contributed by atoms with E-state index in [0.717, 1.165) is 17.9 Å². The number of nitrogens with one attached hydrogen (secondary N) is 1. The summed E-state index contributed by atoms with van der Waals surface area (Å²) in [6, 6.07) is 0.893. The average Bonchev–Trinajstić information content (AvgIpc) is 2.59. The molecule has 0 aromatic heterocycles. The summed E-state index contributed by atoms with van der Waals surface area (Å²) in [5.41, 5.74) is 0. The summed E-state index contributed by atoms with van der Waals surface area (Å²) in [4.78, 5) is 2.79. The van der Waals surface area contributed by atoms with Gasteiger partial charge in [-0.3, -0.25) is 4.90 Å². The van der Waals surface area contributed by atoms with Crippen molar-refractivity contribution in [1.29, 1.82) is 0 Å². The average molecular weight is 194 g/mol. The number of fused-ring (bicyclic) bond motifs is 1. The van der Waals surface area contributed by atoms with Crippen LogP contribution in [0.15, 0.2) is 0 Å². The van der Waals surface area contributed by atoms with Crippen LogP contribution < -0.4 is 5.32 Å². The van der Waals surface area contributed by atoms with Gasteiger partial charge in [-0.15, -0.1) is 0 Å². The van der Waals surface area contributed by atoms with Crippen molar-refractivity contribution in [2.45, 2.75) is 38.1 Å². The fraction of sp³-hybridized carbons (Fsp3) is 1.00. The zero-order valence-electron chi connectivity index (χ0n) is 9.04. The molecule has 2 nitrogen and oxygen atoms in total. The van der Waals surface area contributed by atoms with Gasteiger partial charge in [0.15, 0.2) is 0 Å².